The van der Waals surface area contributed by atoms with Crippen LogP contribution in [0.3, 0.4) is 0 Å². The number of likely N-dealkylation sites (tertiary alicyclic amines) is 1. The minimum atomic E-state index is -0.305. The first kappa shape index (κ1) is 25.2. The molecular formula is C27H32N4O5. The molecule has 36 heavy (non-hydrogen) atoms. The van der Waals surface area contributed by atoms with Crippen LogP contribution in [0.15, 0.2) is 48.8 Å². The van der Waals surface area contributed by atoms with Crippen molar-refractivity contribution in [3.8, 4) is 5.75 Å². The quantitative estimate of drug-likeness (QED) is 0.449. The highest BCUT2D eigenvalue weighted by molar-refractivity contribution is 5.96. The van der Waals surface area contributed by atoms with Gasteiger partial charge in [-0.1, -0.05) is 6.07 Å². The van der Waals surface area contributed by atoms with E-state index in [1.807, 2.05) is 35.9 Å². The Morgan fingerprint density at radius 2 is 1.94 bits per heavy atom. The molecule has 3 aromatic rings. The molecule has 4 rings (SSSR count). The van der Waals surface area contributed by atoms with Crippen molar-refractivity contribution in [2.24, 2.45) is 5.92 Å². The molecule has 1 unspecified atom stereocenters. The third-order valence-corrected chi connectivity index (χ3v) is 6.33. The number of aromatic nitrogens is 2. The van der Waals surface area contributed by atoms with Crippen LogP contribution in [0.5, 0.6) is 5.75 Å². The third kappa shape index (κ3) is 5.84. The maximum atomic E-state index is 12.9. The number of amides is 2. The highest BCUT2D eigenvalue weighted by Crippen LogP contribution is 2.19. The molecule has 190 valence electrons. The summed E-state index contributed by atoms with van der Waals surface area (Å²) in [4.78, 5) is 45.3. The molecule has 0 radical (unpaired) electrons. The van der Waals surface area contributed by atoms with Gasteiger partial charge in [0.2, 0.25) is 5.91 Å². The zero-order chi connectivity index (χ0) is 25.7. The van der Waals surface area contributed by atoms with Crippen LogP contribution < -0.4 is 4.74 Å². The normalized spacial score (nSPS) is 15.5. The number of likely N-dealkylation sites (N-methyl/N-ethyl adjacent to an activating group) is 1. The summed E-state index contributed by atoms with van der Waals surface area (Å²) in [7, 11) is 1.60. The summed E-state index contributed by atoms with van der Waals surface area (Å²) >= 11 is 0. The van der Waals surface area contributed by atoms with Crippen LogP contribution in [0, 0.1) is 12.8 Å². The van der Waals surface area contributed by atoms with Gasteiger partial charge in [-0.25, -0.2) is 4.98 Å². The fourth-order valence-corrected chi connectivity index (χ4v) is 4.38. The van der Waals surface area contributed by atoms with Crippen LogP contribution in [-0.4, -0.2) is 70.3 Å². The lowest BCUT2D eigenvalue weighted by molar-refractivity contribution is -0.151. The summed E-state index contributed by atoms with van der Waals surface area (Å²) in [5.74, 6) is -0.386. The minimum Gasteiger partial charge on any atom is -0.487 e. The summed E-state index contributed by atoms with van der Waals surface area (Å²) in [5, 5.41) is 0. The number of rotatable bonds is 8. The molecule has 1 fully saturated rings. The van der Waals surface area contributed by atoms with E-state index in [2.05, 4.69) is 4.98 Å². The average Bonchev–Trinajstić information content (AvgIpc) is 3.32. The van der Waals surface area contributed by atoms with E-state index in [1.165, 1.54) is 4.90 Å². The molecule has 1 aliphatic heterocycles. The second-order valence-corrected chi connectivity index (χ2v) is 9.06. The summed E-state index contributed by atoms with van der Waals surface area (Å²) < 4.78 is 12.9. The number of hydrogen-bond donors (Lipinski definition) is 0. The van der Waals surface area contributed by atoms with Gasteiger partial charge in [0, 0.05) is 38.1 Å². The molecule has 1 saturated heterocycles. The van der Waals surface area contributed by atoms with E-state index in [0.717, 1.165) is 23.3 Å². The number of aryl methyl sites for hydroxylation is 1. The van der Waals surface area contributed by atoms with Gasteiger partial charge in [-0.15, -0.1) is 0 Å². The van der Waals surface area contributed by atoms with Crippen molar-refractivity contribution in [2.45, 2.75) is 33.3 Å². The fourth-order valence-electron chi connectivity index (χ4n) is 4.38. The van der Waals surface area contributed by atoms with E-state index in [0.29, 0.717) is 44.0 Å². The van der Waals surface area contributed by atoms with Gasteiger partial charge in [-0.2, -0.15) is 0 Å². The SMILES string of the molecule is CCOC(=O)C1CCCN(C(=O)CN(C)C(=O)c2ccc(OCc3cn4cccc(C)c4n3)cc2)C1. The van der Waals surface area contributed by atoms with Crippen molar-refractivity contribution >= 4 is 23.4 Å². The predicted octanol–water partition coefficient (Wildman–Crippen LogP) is 3.10. The van der Waals surface area contributed by atoms with Crippen molar-refractivity contribution < 1.29 is 23.9 Å². The number of piperidine rings is 1. The Morgan fingerprint density at radius 1 is 1.17 bits per heavy atom. The van der Waals surface area contributed by atoms with Gasteiger partial charge in [0.1, 0.15) is 18.0 Å². The van der Waals surface area contributed by atoms with E-state index in [4.69, 9.17) is 9.47 Å². The zero-order valence-electron chi connectivity index (χ0n) is 21.0. The molecule has 1 aromatic carbocycles. The summed E-state index contributed by atoms with van der Waals surface area (Å²) in [6.45, 7) is 5.27. The average molecular weight is 493 g/mol. The van der Waals surface area contributed by atoms with Gasteiger partial charge in [0.05, 0.1) is 24.8 Å². The van der Waals surface area contributed by atoms with Crippen LogP contribution in [0.25, 0.3) is 5.65 Å². The molecular weight excluding hydrogens is 460 g/mol. The maximum Gasteiger partial charge on any atom is 0.310 e. The monoisotopic (exact) mass is 492 g/mol. The molecule has 0 N–H and O–H groups in total. The van der Waals surface area contributed by atoms with Crippen molar-refractivity contribution in [1.82, 2.24) is 19.2 Å². The largest absolute Gasteiger partial charge is 0.487 e. The molecule has 0 saturated carbocycles. The summed E-state index contributed by atoms with van der Waals surface area (Å²) in [6, 6.07) is 10.8. The first-order chi connectivity index (χ1) is 17.4. The molecule has 3 heterocycles. The van der Waals surface area contributed by atoms with Crippen molar-refractivity contribution in [1.29, 1.82) is 0 Å². The van der Waals surface area contributed by atoms with Crippen LogP contribution in [-0.2, 0) is 20.9 Å². The number of esters is 1. The van der Waals surface area contributed by atoms with E-state index >= 15 is 0 Å². The first-order valence-corrected chi connectivity index (χ1v) is 12.2. The lowest BCUT2D eigenvalue weighted by Gasteiger charge is -2.32. The molecule has 1 atom stereocenters. The third-order valence-electron chi connectivity index (χ3n) is 6.33. The predicted molar refractivity (Wildman–Crippen MR) is 134 cm³/mol. The number of imidazole rings is 1. The number of nitrogens with zero attached hydrogens (tertiary/aromatic N) is 4. The molecule has 1 aliphatic rings. The topological polar surface area (TPSA) is 93.5 Å². The number of hydrogen-bond acceptors (Lipinski definition) is 6. The van der Waals surface area contributed by atoms with E-state index < -0.39 is 0 Å². The van der Waals surface area contributed by atoms with Crippen molar-refractivity contribution in [3.63, 3.8) is 0 Å². The minimum absolute atomic E-state index is 0.0556. The van der Waals surface area contributed by atoms with Gasteiger partial charge in [0.25, 0.3) is 5.91 Å². The molecule has 9 nitrogen and oxygen atoms in total. The zero-order valence-corrected chi connectivity index (χ0v) is 21.0. The van der Waals surface area contributed by atoms with Crippen LogP contribution in [0.4, 0.5) is 0 Å². The Labute approximate surface area is 210 Å². The van der Waals surface area contributed by atoms with Gasteiger partial charge >= 0.3 is 5.97 Å². The van der Waals surface area contributed by atoms with Crippen molar-refractivity contribution in [2.75, 3.05) is 33.3 Å². The Morgan fingerprint density at radius 3 is 2.67 bits per heavy atom. The van der Waals surface area contributed by atoms with Crippen LogP contribution in [0.2, 0.25) is 0 Å². The second kappa shape index (κ2) is 11.2. The van der Waals surface area contributed by atoms with E-state index in [-0.39, 0.29) is 30.2 Å². The molecule has 0 bridgehead atoms. The number of fused-ring (bicyclic) bond motifs is 1. The van der Waals surface area contributed by atoms with Gasteiger partial charge < -0.3 is 23.7 Å². The summed E-state index contributed by atoms with van der Waals surface area (Å²) in [5.41, 5.74) is 3.26. The number of ether oxygens (including phenoxy) is 2. The number of pyridine rings is 1. The van der Waals surface area contributed by atoms with E-state index in [1.54, 1.807) is 43.1 Å². The van der Waals surface area contributed by atoms with Crippen LogP contribution >= 0.6 is 0 Å². The lowest BCUT2D eigenvalue weighted by atomic mass is 9.98. The Hall–Kier alpha value is -3.88. The van der Waals surface area contributed by atoms with Gasteiger partial charge in [-0.3, -0.25) is 14.4 Å². The van der Waals surface area contributed by atoms with Crippen LogP contribution in [0.1, 0.15) is 41.4 Å². The summed E-state index contributed by atoms with van der Waals surface area (Å²) in [6.07, 6.45) is 5.33. The smallest absolute Gasteiger partial charge is 0.310 e. The molecule has 0 aliphatic carbocycles. The highest BCUT2D eigenvalue weighted by atomic mass is 16.5. The molecule has 2 amide bonds. The fraction of sp³-hybridized carbons (Fsp3) is 0.407. The number of benzene rings is 1. The number of carbonyl (C=O) groups excluding carboxylic acids is 3. The highest BCUT2D eigenvalue weighted by Gasteiger charge is 2.30. The Kier molecular flexibility index (Phi) is 7.87. The molecule has 9 heteroatoms. The van der Waals surface area contributed by atoms with Crippen molar-refractivity contribution in [3.05, 3.63) is 65.6 Å². The van der Waals surface area contributed by atoms with E-state index in [9.17, 15) is 14.4 Å². The first-order valence-electron chi connectivity index (χ1n) is 12.2. The second-order valence-electron chi connectivity index (χ2n) is 9.06. The molecule has 2 aromatic heterocycles. The number of carbonyl (C=O) groups is 3. The Balaban J connectivity index is 1.30. The lowest BCUT2D eigenvalue weighted by Crippen LogP contribution is -2.47. The van der Waals surface area contributed by atoms with Gasteiger partial charge in [0.15, 0.2) is 0 Å². The maximum absolute atomic E-state index is 12.9. The van der Waals surface area contributed by atoms with Gasteiger partial charge in [-0.05, 0) is 62.6 Å². The molecule has 0 spiro atoms. The Bertz CT molecular complexity index is 1240. The standard InChI is InChI=1S/C27H32N4O5/c1-4-35-27(34)21-8-6-13-30(15-21)24(32)17-29(3)26(33)20-9-11-23(12-10-20)36-18-22-16-31-14-5-7-19(2)25(31)28-22/h5,7,9-12,14,16,21H,4,6,8,13,15,17-18H2,1-3H3.